The number of aromatic nitrogens is 2. The number of fused-ring (bicyclic) bond motifs is 1. The van der Waals surface area contributed by atoms with Gasteiger partial charge in [-0.3, -0.25) is 19.1 Å². The van der Waals surface area contributed by atoms with Crippen LogP contribution >= 0.6 is 11.6 Å². The summed E-state index contributed by atoms with van der Waals surface area (Å²) in [5.41, 5.74) is 1.95. The number of aliphatic carboxylic acids is 1. The van der Waals surface area contributed by atoms with Crippen molar-refractivity contribution in [3.63, 3.8) is 0 Å². The minimum atomic E-state index is -1.00. The molecular formula is C18H15ClN2O4. The minimum Gasteiger partial charge on any atom is -0.495 e. The van der Waals surface area contributed by atoms with Gasteiger partial charge in [0.05, 0.1) is 29.6 Å². The number of methoxy groups -OCH3 is 1. The van der Waals surface area contributed by atoms with E-state index >= 15 is 0 Å². The van der Waals surface area contributed by atoms with Crippen LogP contribution in [-0.2, 0) is 11.2 Å². The summed E-state index contributed by atoms with van der Waals surface area (Å²) in [6, 6.07) is 6.68. The number of carbonyl (C=O) groups excluding carboxylic acids is 1. The van der Waals surface area contributed by atoms with Crippen molar-refractivity contribution in [2.24, 2.45) is 0 Å². The van der Waals surface area contributed by atoms with Crippen molar-refractivity contribution in [2.75, 3.05) is 7.11 Å². The fourth-order valence-electron chi connectivity index (χ4n) is 2.92. The first-order valence-electron chi connectivity index (χ1n) is 7.48. The SMILES string of the molecule is COc1ccc2c(c1Cl)c(CC(=O)O)c(C)n2C(=O)c1cccnc1. The first-order chi connectivity index (χ1) is 12.0. The second-order valence-corrected chi connectivity index (χ2v) is 5.87. The van der Waals surface area contributed by atoms with Crippen LogP contribution in [0.3, 0.4) is 0 Å². The van der Waals surface area contributed by atoms with Gasteiger partial charge in [-0.2, -0.15) is 0 Å². The van der Waals surface area contributed by atoms with Crippen LogP contribution in [0.1, 0.15) is 21.6 Å². The largest absolute Gasteiger partial charge is 0.495 e. The van der Waals surface area contributed by atoms with Crippen LogP contribution in [0.4, 0.5) is 0 Å². The Hall–Kier alpha value is -2.86. The predicted molar refractivity (Wildman–Crippen MR) is 93.5 cm³/mol. The van der Waals surface area contributed by atoms with E-state index < -0.39 is 5.97 Å². The van der Waals surface area contributed by atoms with E-state index in [1.54, 1.807) is 37.4 Å². The normalized spacial score (nSPS) is 10.8. The quantitative estimate of drug-likeness (QED) is 0.773. The number of benzene rings is 1. The number of pyridine rings is 1. The molecule has 0 atom stereocenters. The lowest BCUT2D eigenvalue weighted by Crippen LogP contribution is -2.14. The summed E-state index contributed by atoms with van der Waals surface area (Å²) >= 11 is 6.41. The lowest BCUT2D eigenvalue weighted by atomic mass is 10.1. The Balaban J connectivity index is 2.33. The highest BCUT2D eigenvalue weighted by Crippen LogP contribution is 2.38. The van der Waals surface area contributed by atoms with Crippen molar-refractivity contribution in [1.29, 1.82) is 0 Å². The molecule has 1 aromatic carbocycles. The Labute approximate surface area is 148 Å². The highest BCUT2D eigenvalue weighted by Gasteiger charge is 2.24. The van der Waals surface area contributed by atoms with Gasteiger partial charge in [-0.25, -0.2) is 0 Å². The molecule has 0 aliphatic heterocycles. The molecule has 7 heteroatoms. The number of carboxylic acids is 1. The molecule has 1 N–H and O–H groups in total. The zero-order valence-corrected chi connectivity index (χ0v) is 14.4. The van der Waals surface area contributed by atoms with Gasteiger partial charge in [0.15, 0.2) is 0 Å². The Morgan fingerprint density at radius 3 is 2.68 bits per heavy atom. The Morgan fingerprint density at radius 2 is 2.08 bits per heavy atom. The lowest BCUT2D eigenvalue weighted by Gasteiger charge is -2.08. The average Bonchev–Trinajstić information content (AvgIpc) is 2.87. The summed E-state index contributed by atoms with van der Waals surface area (Å²) in [5, 5.41) is 10.1. The molecule has 0 saturated carbocycles. The molecular weight excluding hydrogens is 344 g/mol. The Bertz CT molecular complexity index is 980. The van der Waals surface area contributed by atoms with Crippen LogP contribution < -0.4 is 4.74 Å². The summed E-state index contributed by atoms with van der Waals surface area (Å²) in [4.78, 5) is 28.2. The molecule has 0 radical (unpaired) electrons. The van der Waals surface area contributed by atoms with Crippen LogP contribution in [0.2, 0.25) is 5.02 Å². The second kappa shape index (κ2) is 6.57. The van der Waals surface area contributed by atoms with E-state index in [2.05, 4.69) is 4.98 Å². The number of halogens is 1. The van der Waals surface area contributed by atoms with E-state index in [0.717, 1.165) is 0 Å². The maximum atomic E-state index is 12.9. The monoisotopic (exact) mass is 358 g/mol. The highest BCUT2D eigenvalue weighted by molar-refractivity contribution is 6.37. The van der Waals surface area contributed by atoms with Gasteiger partial charge in [-0.1, -0.05) is 11.6 Å². The van der Waals surface area contributed by atoms with Gasteiger partial charge >= 0.3 is 5.97 Å². The van der Waals surface area contributed by atoms with E-state index in [1.165, 1.54) is 17.9 Å². The number of hydrogen-bond acceptors (Lipinski definition) is 4. The first-order valence-corrected chi connectivity index (χ1v) is 7.86. The zero-order chi connectivity index (χ0) is 18.1. The summed E-state index contributed by atoms with van der Waals surface area (Å²) in [6.07, 6.45) is 2.80. The van der Waals surface area contributed by atoms with E-state index in [4.69, 9.17) is 16.3 Å². The molecule has 0 saturated heterocycles. The fraction of sp³-hybridized carbons (Fsp3) is 0.167. The van der Waals surface area contributed by atoms with Gasteiger partial charge < -0.3 is 9.84 Å². The number of carbonyl (C=O) groups is 2. The Kier molecular flexibility index (Phi) is 4.46. The summed E-state index contributed by atoms with van der Waals surface area (Å²) in [6.45, 7) is 1.70. The van der Waals surface area contributed by atoms with Crippen molar-refractivity contribution >= 4 is 34.4 Å². The third-order valence-electron chi connectivity index (χ3n) is 4.06. The van der Waals surface area contributed by atoms with Crippen LogP contribution in [0.25, 0.3) is 10.9 Å². The molecule has 0 bridgehead atoms. The van der Waals surface area contributed by atoms with E-state index in [1.807, 2.05) is 0 Å². The molecule has 3 rings (SSSR count). The number of hydrogen-bond donors (Lipinski definition) is 1. The molecule has 2 heterocycles. The molecule has 128 valence electrons. The second-order valence-electron chi connectivity index (χ2n) is 5.49. The number of nitrogens with zero attached hydrogens (tertiary/aromatic N) is 2. The molecule has 0 amide bonds. The van der Waals surface area contributed by atoms with Crippen molar-refractivity contribution in [3.05, 3.63) is 58.5 Å². The van der Waals surface area contributed by atoms with Crippen molar-refractivity contribution in [3.8, 4) is 5.75 Å². The number of carboxylic acid groups (broad SMARTS) is 1. The lowest BCUT2D eigenvalue weighted by molar-refractivity contribution is -0.136. The van der Waals surface area contributed by atoms with Crippen LogP contribution in [0.15, 0.2) is 36.7 Å². The van der Waals surface area contributed by atoms with Crippen LogP contribution in [0.5, 0.6) is 5.75 Å². The van der Waals surface area contributed by atoms with E-state index in [9.17, 15) is 14.7 Å². The third-order valence-corrected chi connectivity index (χ3v) is 4.43. The molecule has 0 unspecified atom stereocenters. The van der Waals surface area contributed by atoms with E-state index in [-0.39, 0.29) is 17.4 Å². The fourth-order valence-corrected chi connectivity index (χ4v) is 3.27. The summed E-state index contributed by atoms with van der Waals surface area (Å²) in [5.74, 6) is -0.880. The maximum absolute atomic E-state index is 12.9. The molecule has 6 nitrogen and oxygen atoms in total. The van der Waals surface area contributed by atoms with Gasteiger partial charge in [-0.05, 0) is 36.8 Å². The first kappa shape index (κ1) is 17.0. The van der Waals surface area contributed by atoms with Gasteiger partial charge in [-0.15, -0.1) is 0 Å². The smallest absolute Gasteiger partial charge is 0.307 e. The molecule has 0 aliphatic carbocycles. The zero-order valence-electron chi connectivity index (χ0n) is 13.6. The number of rotatable bonds is 4. The highest BCUT2D eigenvalue weighted by atomic mass is 35.5. The summed E-state index contributed by atoms with van der Waals surface area (Å²) in [7, 11) is 1.48. The minimum absolute atomic E-state index is 0.247. The standard InChI is InChI=1S/C18H15ClN2O4/c1-10-12(8-15(22)23)16-13(5-6-14(25-2)17(16)19)21(10)18(24)11-4-3-7-20-9-11/h3-7,9H,8H2,1-2H3,(H,22,23). The molecule has 25 heavy (non-hydrogen) atoms. The van der Waals surface area contributed by atoms with Gasteiger partial charge in [0.25, 0.3) is 5.91 Å². The van der Waals surface area contributed by atoms with Gasteiger partial charge in [0.1, 0.15) is 5.75 Å². The van der Waals surface area contributed by atoms with Crippen molar-refractivity contribution < 1.29 is 19.4 Å². The summed E-state index contributed by atoms with van der Waals surface area (Å²) < 4.78 is 6.69. The molecule has 0 aliphatic rings. The Morgan fingerprint density at radius 1 is 1.32 bits per heavy atom. The molecule has 2 aromatic heterocycles. The predicted octanol–water partition coefficient (Wildman–Crippen LogP) is 3.32. The average molecular weight is 359 g/mol. The molecule has 3 aromatic rings. The topological polar surface area (TPSA) is 81.4 Å². The van der Waals surface area contributed by atoms with Crippen LogP contribution in [-0.4, -0.2) is 33.6 Å². The van der Waals surface area contributed by atoms with E-state index in [0.29, 0.717) is 33.5 Å². The van der Waals surface area contributed by atoms with Gasteiger partial charge in [0, 0.05) is 23.5 Å². The molecule has 0 spiro atoms. The third kappa shape index (κ3) is 2.85. The van der Waals surface area contributed by atoms with Crippen molar-refractivity contribution in [1.82, 2.24) is 9.55 Å². The van der Waals surface area contributed by atoms with Crippen LogP contribution in [0, 0.1) is 6.92 Å². The maximum Gasteiger partial charge on any atom is 0.307 e. The van der Waals surface area contributed by atoms with Gasteiger partial charge in [0.2, 0.25) is 0 Å². The molecule has 0 fully saturated rings. The number of ether oxygens (including phenoxy) is 1. The van der Waals surface area contributed by atoms with Crippen molar-refractivity contribution in [2.45, 2.75) is 13.3 Å².